The number of hydrazine groups is 1. The van der Waals surface area contributed by atoms with Gasteiger partial charge in [-0.05, 0) is 37.4 Å². The van der Waals surface area contributed by atoms with Gasteiger partial charge in [-0.2, -0.15) is 0 Å². The van der Waals surface area contributed by atoms with E-state index in [1.165, 1.54) is 24.8 Å². The number of nitrogens with one attached hydrogen (secondary N) is 1. The first-order chi connectivity index (χ1) is 8.86. The Bertz CT molecular complexity index is 522. The van der Waals surface area contributed by atoms with Crippen LogP contribution in [0.4, 0.5) is 0 Å². The van der Waals surface area contributed by atoms with Crippen LogP contribution in [-0.2, 0) is 0 Å². The molecule has 1 aliphatic heterocycles. The Morgan fingerprint density at radius 2 is 2.39 bits per heavy atom. The molecule has 0 amide bonds. The quantitative estimate of drug-likeness (QED) is 0.882. The molecule has 96 valence electrons. The first-order valence-corrected chi connectivity index (χ1v) is 6.62. The molecule has 0 saturated carbocycles. The number of nitrogens with zero attached hydrogens (tertiary/aromatic N) is 2. The Morgan fingerprint density at radius 1 is 1.44 bits per heavy atom. The number of hydrogen-bond acceptors (Lipinski definition) is 4. The van der Waals surface area contributed by atoms with Crippen molar-refractivity contribution in [1.29, 1.82) is 0 Å². The third-order valence-electron chi connectivity index (χ3n) is 3.78. The predicted molar refractivity (Wildman–Crippen MR) is 71.2 cm³/mol. The van der Waals surface area contributed by atoms with Crippen molar-refractivity contribution in [2.45, 2.75) is 25.2 Å². The molecule has 0 radical (unpaired) electrons. The summed E-state index contributed by atoms with van der Waals surface area (Å²) in [6.07, 6.45) is 7.47. The fourth-order valence-electron chi connectivity index (χ4n) is 2.70. The molecule has 0 aliphatic carbocycles. The van der Waals surface area contributed by atoms with Crippen molar-refractivity contribution in [2.75, 3.05) is 20.1 Å². The van der Waals surface area contributed by atoms with Crippen LogP contribution in [0.1, 0.15) is 30.7 Å². The van der Waals surface area contributed by atoms with E-state index in [0.29, 0.717) is 5.92 Å². The second kappa shape index (κ2) is 5.08. The molecule has 0 bridgehead atoms. The number of aromatic nitrogens is 1. The molecule has 1 aliphatic rings. The van der Waals surface area contributed by atoms with Crippen LogP contribution < -0.4 is 5.43 Å². The Kier molecular flexibility index (Phi) is 3.30. The molecule has 3 rings (SSSR count). The molecule has 1 N–H and O–H groups in total. The van der Waals surface area contributed by atoms with Gasteiger partial charge in [-0.3, -0.25) is 10.4 Å². The Morgan fingerprint density at radius 3 is 3.28 bits per heavy atom. The molecule has 0 spiro atoms. The molecule has 4 heteroatoms. The molecule has 2 aromatic rings. The summed E-state index contributed by atoms with van der Waals surface area (Å²) >= 11 is 0. The molecule has 3 heterocycles. The van der Waals surface area contributed by atoms with E-state index in [0.717, 1.165) is 24.2 Å². The van der Waals surface area contributed by atoms with E-state index in [-0.39, 0.29) is 0 Å². The van der Waals surface area contributed by atoms with Crippen LogP contribution in [0.2, 0.25) is 0 Å². The molecule has 0 unspecified atom stereocenters. The number of furan rings is 1. The van der Waals surface area contributed by atoms with E-state index < -0.39 is 0 Å². The Labute approximate surface area is 107 Å². The van der Waals surface area contributed by atoms with Gasteiger partial charge in [0.15, 0.2) is 5.58 Å². The van der Waals surface area contributed by atoms with Crippen molar-refractivity contribution in [3.8, 4) is 0 Å². The average Bonchev–Trinajstić information content (AvgIpc) is 2.74. The van der Waals surface area contributed by atoms with Gasteiger partial charge in [-0.25, -0.2) is 5.01 Å². The van der Waals surface area contributed by atoms with E-state index in [9.17, 15) is 0 Å². The summed E-state index contributed by atoms with van der Waals surface area (Å²) in [6, 6.07) is 4.05. The molecule has 1 fully saturated rings. The van der Waals surface area contributed by atoms with Crippen LogP contribution in [0.3, 0.4) is 0 Å². The highest BCUT2D eigenvalue weighted by Crippen LogP contribution is 2.27. The number of fused-ring (bicyclic) bond motifs is 1. The molecule has 18 heavy (non-hydrogen) atoms. The van der Waals surface area contributed by atoms with Crippen LogP contribution in [0, 0.1) is 0 Å². The predicted octanol–water partition coefficient (Wildman–Crippen LogP) is 2.53. The normalized spacial score (nSPS) is 22.2. The summed E-state index contributed by atoms with van der Waals surface area (Å²) in [4.78, 5) is 4.47. The number of pyridine rings is 1. The number of hydrogen-bond donors (Lipinski definition) is 1. The maximum absolute atomic E-state index is 5.44. The summed E-state index contributed by atoms with van der Waals surface area (Å²) in [6.45, 7) is 2.17. The first kappa shape index (κ1) is 11.7. The standard InChI is InChI=1S/C14H19N3O/c1-15-17-6-3-2-4-11(10-17)12-8-14-13(16-9-12)5-7-18-14/h5,7-9,11,15H,2-4,6,10H2,1H3/t11-/m1/s1. The van der Waals surface area contributed by atoms with Crippen LogP contribution in [0.15, 0.2) is 29.0 Å². The van der Waals surface area contributed by atoms with Gasteiger partial charge in [-0.15, -0.1) is 0 Å². The fourth-order valence-corrected chi connectivity index (χ4v) is 2.70. The SMILES string of the molecule is CNN1CCCC[C@@H](c2cnc3ccoc3c2)C1. The Balaban J connectivity index is 1.87. The summed E-state index contributed by atoms with van der Waals surface area (Å²) in [5.41, 5.74) is 6.40. The smallest absolute Gasteiger partial charge is 0.152 e. The van der Waals surface area contributed by atoms with E-state index in [1.807, 2.05) is 19.3 Å². The van der Waals surface area contributed by atoms with Gasteiger partial charge >= 0.3 is 0 Å². The lowest BCUT2D eigenvalue weighted by atomic mass is 9.96. The molecule has 1 saturated heterocycles. The van der Waals surface area contributed by atoms with Gasteiger partial charge in [0.05, 0.1) is 6.26 Å². The minimum atomic E-state index is 0.543. The summed E-state index contributed by atoms with van der Waals surface area (Å²) in [5.74, 6) is 0.543. The van der Waals surface area contributed by atoms with Crippen molar-refractivity contribution in [3.05, 3.63) is 30.2 Å². The second-order valence-electron chi connectivity index (χ2n) is 4.93. The molecule has 4 nitrogen and oxygen atoms in total. The molecular weight excluding hydrogens is 226 g/mol. The maximum Gasteiger partial charge on any atom is 0.152 e. The molecule has 0 aromatic carbocycles. The first-order valence-electron chi connectivity index (χ1n) is 6.62. The van der Waals surface area contributed by atoms with Crippen molar-refractivity contribution in [1.82, 2.24) is 15.4 Å². The largest absolute Gasteiger partial charge is 0.463 e. The topological polar surface area (TPSA) is 41.3 Å². The van der Waals surface area contributed by atoms with Gasteiger partial charge in [0.1, 0.15) is 5.52 Å². The van der Waals surface area contributed by atoms with Gasteiger partial charge in [0.25, 0.3) is 0 Å². The zero-order chi connectivity index (χ0) is 12.4. The van der Waals surface area contributed by atoms with Crippen LogP contribution >= 0.6 is 0 Å². The zero-order valence-corrected chi connectivity index (χ0v) is 10.7. The van der Waals surface area contributed by atoms with Crippen LogP contribution in [-0.4, -0.2) is 30.1 Å². The van der Waals surface area contributed by atoms with E-state index in [4.69, 9.17) is 4.42 Å². The summed E-state index contributed by atoms with van der Waals surface area (Å²) in [7, 11) is 2.00. The fraction of sp³-hybridized carbons (Fsp3) is 0.500. The van der Waals surface area contributed by atoms with Crippen LogP contribution in [0.5, 0.6) is 0 Å². The number of rotatable bonds is 2. The van der Waals surface area contributed by atoms with Gasteiger partial charge in [-0.1, -0.05) is 6.42 Å². The maximum atomic E-state index is 5.44. The lowest BCUT2D eigenvalue weighted by Gasteiger charge is -2.23. The van der Waals surface area contributed by atoms with Crippen LogP contribution in [0.25, 0.3) is 11.1 Å². The van der Waals surface area contributed by atoms with Gasteiger partial charge < -0.3 is 4.42 Å². The van der Waals surface area contributed by atoms with Gasteiger partial charge in [0.2, 0.25) is 0 Å². The van der Waals surface area contributed by atoms with Crippen molar-refractivity contribution in [3.63, 3.8) is 0 Å². The van der Waals surface area contributed by atoms with Crippen molar-refractivity contribution >= 4 is 11.1 Å². The highest BCUT2D eigenvalue weighted by atomic mass is 16.3. The highest BCUT2D eigenvalue weighted by molar-refractivity contribution is 5.72. The lowest BCUT2D eigenvalue weighted by molar-refractivity contribution is 0.207. The minimum absolute atomic E-state index is 0.543. The van der Waals surface area contributed by atoms with E-state index in [2.05, 4.69) is 21.5 Å². The molecule has 2 aromatic heterocycles. The second-order valence-corrected chi connectivity index (χ2v) is 4.93. The third-order valence-corrected chi connectivity index (χ3v) is 3.78. The van der Waals surface area contributed by atoms with Crippen molar-refractivity contribution in [2.24, 2.45) is 0 Å². The lowest BCUT2D eigenvalue weighted by Crippen LogP contribution is -2.37. The van der Waals surface area contributed by atoms with E-state index >= 15 is 0 Å². The van der Waals surface area contributed by atoms with Crippen molar-refractivity contribution < 1.29 is 4.42 Å². The van der Waals surface area contributed by atoms with E-state index in [1.54, 1.807) is 6.26 Å². The Hall–Kier alpha value is -1.39. The summed E-state index contributed by atoms with van der Waals surface area (Å²) < 4.78 is 5.44. The monoisotopic (exact) mass is 245 g/mol. The third kappa shape index (κ3) is 2.26. The molecular formula is C14H19N3O. The zero-order valence-electron chi connectivity index (χ0n) is 10.7. The summed E-state index contributed by atoms with van der Waals surface area (Å²) in [5, 5.41) is 2.30. The average molecular weight is 245 g/mol. The highest BCUT2D eigenvalue weighted by Gasteiger charge is 2.19. The van der Waals surface area contributed by atoms with Gasteiger partial charge in [0, 0.05) is 25.4 Å². The molecule has 1 atom stereocenters. The minimum Gasteiger partial charge on any atom is -0.463 e.